The van der Waals surface area contributed by atoms with Gasteiger partial charge in [0.2, 0.25) is 0 Å². The second-order valence-electron chi connectivity index (χ2n) is 3.56. The molecule has 0 aliphatic rings. The van der Waals surface area contributed by atoms with E-state index in [1.165, 1.54) is 6.33 Å². The largest absolute Gasteiger partial charge is 0.382 e. The maximum absolute atomic E-state index is 10.3. The molecule has 0 radical (unpaired) electrons. The van der Waals surface area contributed by atoms with Crippen molar-refractivity contribution in [3.63, 3.8) is 0 Å². The maximum Gasteiger partial charge on any atom is 0.183 e. The number of rotatable bonds is 5. The number of aromatic nitrogens is 4. The van der Waals surface area contributed by atoms with Crippen LogP contribution in [0.1, 0.15) is 6.92 Å². The van der Waals surface area contributed by atoms with Gasteiger partial charge >= 0.3 is 0 Å². The van der Waals surface area contributed by atoms with Crippen LogP contribution in [0.5, 0.6) is 0 Å². The van der Waals surface area contributed by atoms with Crippen LogP contribution in [0.3, 0.4) is 0 Å². The molecule has 2 aromatic rings. The standard InChI is InChI=1S/C9H12N5O2P/c1-6(16-5-17-15)2-14-4-13-7-8(10)11-3-12-9(7)14/h3-4,6H,2,5H2,1H3,(H2,10,11,12)/t6-/m1/s1. The third-order valence-electron chi connectivity index (χ3n) is 2.30. The fourth-order valence-corrected chi connectivity index (χ4v) is 1.84. The molecule has 0 amide bonds. The van der Waals surface area contributed by atoms with E-state index in [0.29, 0.717) is 23.5 Å². The first-order valence-electron chi connectivity index (χ1n) is 5.04. The Balaban J connectivity index is 2.19. The van der Waals surface area contributed by atoms with Crippen molar-refractivity contribution in [2.24, 2.45) is 0 Å². The smallest absolute Gasteiger partial charge is 0.183 e. The van der Waals surface area contributed by atoms with Crippen LogP contribution in [0.4, 0.5) is 5.82 Å². The molecular formula is C9H12N5O2P. The number of ether oxygens (including phenoxy) is 1. The lowest BCUT2D eigenvalue weighted by Gasteiger charge is -2.11. The van der Waals surface area contributed by atoms with E-state index in [1.54, 1.807) is 6.33 Å². The first-order valence-corrected chi connectivity index (χ1v) is 6.04. The van der Waals surface area contributed by atoms with E-state index >= 15 is 0 Å². The number of fused-ring (bicyclic) bond motifs is 1. The molecule has 0 aromatic carbocycles. The summed E-state index contributed by atoms with van der Waals surface area (Å²) in [5, 5.41) is 0. The maximum atomic E-state index is 10.3. The molecule has 7 nitrogen and oxygen atoms in total. The van der Waals surface area contributed by atoms with E-state index in [0.717, 1.165) is 0 Å². The molecule has 2 aromatic heterocycles. The second kappa shape index (κ2) is 5.16. The van der Waals surface area contributed by atoms with Gasteiger partial charge in [-0.2, -0.15) is 0 Å². The number of nitrogens with two attached hydrogens (primary N) is 1. The molecule has 2 heterocycles. The zero-order chi connectivity index (χ0) is 12.3. The average Bonchev–Trinajstić information content (AvgIpc) is 2.71. The van der Waals surface area contributed by atoms with E-state index in [1.807, 2.05) is 11.5 Å². The number of hydrogen-bond acceptors (Lipinski definition) is 6. The number of anilines is 1. The molecule has 0 saturated heterocycles. The number of nitrogens with zero attached hydrogens (tertiary/aromatic N) is 4. The number of nitrogen functional groups attached to an aromatic ring is 1. The Morgan fingerprint density at radius 3 is 3.12 bits per heavy atom. The molecule has 0 aliphatic heterocycles. The minimum Gasteiger partial charge on any atom is -0.382 e. The van der Waals surface area contributed by atoms with Crippen molar-refractivity contribution in [1.29, 1.82) is 0 Å². The Kier molecular flexibility index (Phi) is 3.61. The second-order valence-corrected chi connectivity index (χ2v) is 4.08. The lowest BCUT2D eigenvalue weighted by molar-refractivity contribution is 0.0893. The first kappa shape index (κ1) is 11.9. The van der Waals surface area contributed by atoms with Gasteiger partial charge in [0.25, 0.3) is 0 Å². The molecule has 1 atom stereocenters. The zero-order valence-corrected chi connectivity index (χ0v) is 10.2. The van der Waals surface area contributed by atoms with Crippen molar-refractivity contribution < 1.29 is 9.30 Å². The van der Waals surface area contributed by atoms with Crippen LogP contribution in [-0.2, 0) is 15.8 Å². The highest BCUT2D eigenvalue weighted by atomic mass is 31.1. The van der Waals surface area contributed by atoms with Crippen molar-refractivity contribution in [2.75, 3.05) is 12.1 Å². The van der Waals surface area contributed by atoms with Crippen molar-refractivity contribution in [1.82, 2.24) is 19.5 Å². The third kappa shape index (κ3) is 2.57. The van der Waals surface area contributed by atoms with Crippen molar-refractivity contribution in [3.8, 4) is 0 Å². The van der Waals surface area contributed by atoms with Gasteiger partial charge in [-0.1, -0.05) is 0 Å². The topological polar surface area (TPSA) is 95.9 Å². The average molecular weight is 253 g/mol. The number of hydrogen-bond donors (Lipinski definition) is 1. The van der Waals surface area contributed by atoms with Gasteiger partial charge in [0, 0.05) is 0 Å². The number of imidazole rings is 1. The Hall–Kier alpha value is -1.59. The van der Waals surface area contributed by atoms with Crippen LogP contribution < -0.4 is 5.73 Å². The van der Waals surface area contributed by atoms with Crippen LogP contribution >= 0.6 is 8.46 Å². The predicted molar refractivity (Wildman–Crippen MR) is 62.8 cm³/mol. The Bertz CT molecular complexity index is 529. The summed E-state index contributed by atoms with van der Waals surface area (Å²) < 4.78 is 17.4. The van der Waals surface area contributed by atoms with E-state index in [9.17, 15) is 4.57 Å². The van der Waals surface area contributed by atoms with Crippen LogP contribution in [0.2, 0.25) is 0 Å². The minimum atomic E-state index is -0.0787. The summed E-state index contributed by atoms with van der Waals surface area (Å²) in [6.07, 6.45) is 3.15. The summed E-state index contributed by atoms with van der Waals surface area (Å²) in [5.41, 5.74) is 6.94. The van der Waals surface area contributed by atoms with Gasteiger partial charge in [0.1, 0.15) is 18.2 Å². The highest BCUT2D eigenvalue weighted by Gasteiger charge is 2.10. The lowest BCUT2D eigenvalue weighted by atomic mass is 10.4. The summed E-state index contributed by atoms with van der Waals surface area (Å²) in [7, 11) is -0.0194. The molecule has 0 bridgehead atoms. The monoisotopic (exact) mass is 253 g/mol. The highest BCUT2D eigenvalue weighted by Crippen LogP contribution is 2.15. The molecule has 0 spiro atoms. The third-order valence-corrected chi connectivity index (χ3v) is 2.55. The Morgan fingerprint density at radius 1 is 1.53 bits per heavy atom. The quantitative estimate of drug-likeness (QED) is 0.800. The molecular weight excluding hydrogens is 241 g/mol. The predicted octanol–water partition coefficient (Wildman–Crippen LogP) is 1.06. The van der Waals surface area contributed by atoms with Crippen molar-refractivity contribution in [3.05, 3.63) is 12.7 Å². The summed E-state index contributed by atoms with van der Waals surface area (Å²) >= 11 is 0. The molecule has 2 rings (SSSR count). The summed E-state index contributed by atoms with van der Waals surface area (Å²) in [4.78, 5) is 12.1. The highest BCUT2D eigenvalue weighted by molar-refractivity contribution is 7.23. The van der Waals surface area contributed by atoms with Gasteiger partial charge in [0.05, 0.1) is 19.0 Å². The SMILES string of the molecule is C[C@H](Cn1cnc2c(N)ncnc21)OCP=O. The Labute approximate surface area is 99.2 Å². The van der Waals surface area contributed by atoms with Crippen molar-refractivity contribution >= 4 is 25.4 Å². The fourth-order valence-electron chi connectivity index (χ4n) is 1.52. The molecule has 0 aliphatic carbocycles. The van der Waals surface area contributed by atoms with Gasteiger partial charge in [-0.05, 0) is 6.92 Å². The van der Waals surface area contributed by atoms with E-state index in [-0.39, 0.29) is 20.9 Å². The van der Waals surface area contributed by atoms with Gasteiger partial charge in [-0.15, -0.1) is 0 Å². The molecule has 0 saturated carbocycles. The van der Waals surface area contributed by atoms with Crippen LogP contribution in [0.25, 0.3) is 11.2 Å². The summed E-state index contributed by atoms with van der Waals surface area (Å²) in [6.45, 7) is 2.46. The van der Waals surface area contributed by atoms with Gasteiger partial charge < -0.3 is 15.0 Å². The van der Waals surface area contributed by atoms with Crippen LogP contribution in [-0.4, -0.2) is 32.0 Å². The summed E-state index contributed by atoms with van der Waals surface area (Å²) in [5.74, 6) is 0.361. The molecule has 2 N–H and O–H groups in total. The van der Waals surface area contributed by atoms with Crippen LogP contribution in [0.15, 0.2) is 12.7 Å². The van der Waals surface area contributed by atoms with Crippen LogP contribution in [0, 0.1) is 0 Å². The minimum absolute atomic E-state index is 0.0194. The summed E-state index contributed by atoms with van der Waals surface area (Å²) in [6, 6.07) is 0. The lowest BCUT2D eigenvalue weighted by Crippen LogP contribution is -2.15. The van der Waals surface area contributed by atoms with Crippen molar-refractivity contribution in [2.45, 2.75) is 19.6 Å². The Morgan fingerprint density at radius 2 is 2.35 bits per heavy atom. The van der Waals surface area contributed by atoms with Gasteiger partial charge in [-0.25, -0.2) is 15.0 Å². The van der Waals surface area contributed by atoms with Gasteiger partial charge in [-0.3, -0.25) is 4.57 Å². The molecule has 17 heavy (non-hydrogen) atoms. The molecule has 90 valence electrons. The fraction of sp³-hybridized carbons (Fsp3) is 0.444. The van der Waals surface area contributed by atoms with E-state index in [2.05, 4.69) is 15.0 Å². The van der Waals surface area contributed by atoms with Gasteiger partial charge in [0.15, 0.2) is 19.9 Å². The zero-order valence-electron chi connectivity index (χ0n) is 9.28. The first-order chi connectivity index (χ1) is 8.22. The molecule has 0 unspecified atom stereocenters. The normalized spacial score (nSPS) is 13.2. The molecule has 8 heteroatoms. The molecule has 0 fully saturated rings. The van der Waals surface area contributed by atoms with E-state index in [4.69, 9.17) is 10.5 Å². The van der Waals surface area contributed by atoms with E-state index < -0.39 is 0 Å².